The van der Waals surface area contributed by atoms with Crippen LogP contribution in [0.4, 0.5) is 5.69 Å². The fourth-order valence-electron chi connectivity index (χ4n) is 3.23. The van der Waals surface area contributed by atoms with Crippen molar-refractivity contribution in [2.75, 3.05) is 19.0 Å². The summed E-state index contributed by atoms with van der Waals surface area (Å²) in [6, 6.07) is 19.9. The SMILES string of the molecule is CN(C)c1cc(-c2ccc3cccnc3n2)nc(-c2ccc3cccnc3n2)c1. The van der Waals surface area contributed by atoms with Gasteiger partial charge in [-0.2, -0.15) is 0 Å². The second-order valence-corrected chi connectivity index (χ2v) is 6.98. The molecule has 6 nitrogen and oxygen atoms in total. The van der Waals surface area contributed by atoms with Crippen LogP contribution in [0.2, 0.25) is 0 Å². The molecule has 140 valence electrons. The van der Waals surface area contributed by atoms with E-state index < -0.39 is 0 Å². The molecule has 0 fully saturated rings. The summed E-state index contributed by atoms with van der Waals surface area (Å²) in [6.45, 7) is 0. The van der Waals surface area contributed by atoms with Gasteiger partial charge < -0.3 is 4.90 Å². The van der Waals surface area contributed by atoms with Crippen molar-refractivity contribution in [2.24, 2.45) is 0 Å². The minimum absolute atomic E-state index is 0.705. The van der Waals surface area contributed by atoms with Gasteiger partial charge in [-0.15, -0.1) is 0 Å². The Morgan fingerprint density at radius 1 is 0.586 bits per heavy atom. The van der Waals surface area contributed by atoms with Crippen molar-refractivity contribution in [1.29, 1.82) is 0 Å². The summed E-state index contributed by atoms with van der Waals surface area (Å²) in [6.07, 6.45) is 3.50. The Morgan fingerprint density at radius 3 is 1.59 bits per heavy atom. The van der Waals surface area contributed by atoms with E-state index in [0.717, 1.165) is 39.2 Å². The van der Waals surface area contributed by atoms with E-state index in [0.29, 0.717) is 11.3 Å². The van der Waals surface area contributed by atoms with E-state index in [1.807, 2.05) is 79.7 Å². The van der Waals surface area contributed by atoms with E-state index in [1.165, 1.54) is 0 Å². The van der Waals surface area contributed by atoms with Gasteiger partial charge in [-0.25, -0.2) is 24.9 Å². The van der Waals surface area contributed by atoms with Crippen molar-refractivity contribution < 1.29 is 0 Å². The highest BCUT2D eigenvalue weighted by molar-refractivity contribution is 5.80. The molecule has 29 heavy (non-hydrogen) atoms. The van der Waals surface area contributed by atoms with Gasteiger partial charge in [0.15, 0.2) is 11.3 Å². The third-order valence-corrected chi connectivity index (χ3v) is 4.78. The molecule has 5 aromatic rings. The third kappa shape index (κ3) is 3.25. The molecule has 0 saturated carbocycles. The second-order valence-electron chi connectivity index (χ2n) is 6.98. The lowest BCUT2D eigenvalue weighted by Gasteiger charge is -2.15. The molecule has 0 amide bonds. The van der Waals surface area contributed by atoms with Gasteiger partial charge in [0.2, 0.25) is 0 Å². The van der Waals surface area contributed by atoms with Crippen LogP contribution in [-0.4, -0.2) is 39.0 Å². The number of pyridine rings is 5. The normalized spacial score (nSPS) is 11.1. The molecule has 0 aliphatic heterocycles. The second kappa shape index (κ2) is 6.91. The molecular formula is C23H18N6. The lowest BCUT2D eigenvalue weighted by molar-refractivity contribution is 1.12. The highest BCUT2D eigenvalue weighted by Gasteiger charge is 2.12. The van der Waals surface area contributed by atoms with Gasteiger partial charge in [-0.05, 0) is 60.7 Å². The summed E-state index contributed by atoms with van der Waals surface area (Å²) >= 11 is 0. The Labute approximate surface area is 167 Å². The van der Waals surface area contributed by atoms with E-state index in [-0.39, 0.29) is 0 Å². The number of hydrogen-bond donors (Lipinski definition) is 0. The highest BCUT2D eigenvalue weighted by atomic mass is 15.1. The minimum Gasteiger partial charge on any atom is -0.378 e. The fraction of sp³-hybridized carbons (Fsp3) is 0.0870. The van der Waals surface area contributed by atoms with Gasteiger partial charge in [-0.3, -0.25) is 0 Å². The Balaban J connectivity index is 1.68. The molecule has 0 bridgehead atoms. The Morgan fingerprint density at radius 2 is 1.10 bits per heavy atom. The molecule has 0 aliphatic rings. The van der Waals surface area contributed by atoms with Crippen molar-refractivity contribution in [3.05, 3.63) is 73.1 Å². The number of fused-ring (bicyclic) bond motifs is 2. The number of nitrogens with zero attached hydrogens (tertiary/aromatic N) is 6. The van der Waals surface area contributed by atoms with E-state index in [4.69, 9.17) is 15.0 Å². The van der Waals surface area contributed by atoms with Crippen LogP contribution in [0.5, 0.6) is 0 Å². The van der Waals surface area contributed by atoms with Crippen molar-refractivity contribution in [3.8, 4) is 22.8 Å². The van der Waals surface area contributed by atoms with Crippen LogP contribution in [-0.2, 0) is 0 Å². The number of hydrogen-bond acceptors (Lipinski definition) is 6. The number of aromatic nitrogens is 5. The third-order valence-electron chi connectivity index (χ3n) is 4.78. The molecule has 5 heterocycles. The monoisotopic (exact) mass is 378 g/mol. The molecule has 0 unspecified atom stereocenters. The zero-order valence-electron chi connectivity index (χ0n) is 16.1. The van der Waals surface area contributed by atoms with Crippen molar-refractivity contribution >= 4 is 27.8 Å². The quantitative estimate of drug-likeness (QED) is 0.464. The molecule has 0 saturated heterocycles. The van der Waals surface area contributed by atoms with Gasteiger partial charge in [0.05, 0.1) is 22.8 Å². The van der Waals surface area contributed by atoms with Gasteiger partial charge in [0.25, 0.3) is 0 Å². The van der Waals surface area contributed by atoms with Crippen molar-refractivity contribution in [1.82, 2.24) is 24.9 Å². The first-order valence-electron chi connectivity index (χ1n) is 9.31. The van der Waals surface area contributed by atoms with E-state index >= 15 is 0 Å². The van der Waals surface area contributed by atoms with Gasteiger partial charge >= 0.3 is 0 Å². The molecule has 0 spiro atoms. The van der Waals surface area contributed by atoms with Crippen molar-refractivity contribution in [3.63, 3.8) is 0 Å². The Hall–Kier alpha value is -3.93. The number of anilines is 1. The predicted octanol–water partition coefficient (Wildman–Crippen LogP) is 4.37. The van der Waals surface area contributed by atoms with E-state index in [9.17, 15) is 0 Å². The largest absolute Gasteiger partial charge is 0.378 e. The van der Waals surface area contributed by atoms with Crippen LogP contribution in [0.15, 0.2) is 73.1 Å². The maximum Gasteiger partial charge on any atom is 0.159 e. The maximum absolute atomic E-state index is 4.86. The fourth-order valence-corrected chi connectivity index (χ4v) is 3.23. The predicted molar refractivity (Wildman–Crippen MR) is 116 cm³/mol. The highest BCUT2D eigenvalue weighted by Crippen LogP contribution is 2.28. The molecule has 0 N–H and O–H groups in total. The summed E-state index contributed by atoms with van der Waals surface area (Å²) in [4.78, 5) is 25.1. The van der Waals surface area contributed by atoms with Gasteiger partial charge in [0, 0.05) is 42.9 Å². The lowest BCUT2D eigenvalue weighted by atomic mass is 10.1. The van der Waals surface area contributed by atoms with Gasteiger partial charge in [-0.1, -0.05) is 0 Å². The smallest absolute Gasteiger partial charge is 0.159 e. The zero-order valence-corrected chi connectivity index (χ0v) is 16.1. The van der Waals surface area contributed by atoms with E-state index in [2.05, 4.69) is 9.97 Å². The first-order chi connectivity index (χ1) is 14.2. The average molecular weight is 378 g/mol. The lowest BCUT2D eigenvalue weighted by Crippen LogP contribution is -2.09. The molecule has 0 aliphatic carbocycles. The van der Waals surface area contributed by atoms with Crippen LogP contribution < -0.4 is 4.90 Å². The van der Waals surface area contributed by atoms with Crippen LogP contribution >= 0.6 is 0 Å². The standard InChI is InChI=1S/C23H18N6/c1-29(2)17-13-20(18-9-7-15-5-3-11-24-22(15)27-18)26-21(14-17)19-10-8-16-6-4-12-25-23(16)28-19/h3-14H,1-2H3. The number of rotatable bonds is 3. The first kappa shape index (κ1) is 17.2. The molecule has 5 aromatic heterocycles. The van der Waals surface area contributed by atoms with Crippen LogP contribution in [0.1, 0.15) is 0 Å². The molecular weight excluding hydrogens is 360 g/mol. The molecule has 0 radical (unpaired) electrons. The minimum atomic E-state index is 0.705. The van der Waals surface area contributed by atoms with Crippen molar-refractivity contribution in [2.45, 2.75) is 0 Å². The summed E-state index contributed by atoms with van der Waals surface area (Å²) in [5.41, 5.74) is 5.55. The topological polar surface area (TPSA) is 67.7 Å². The van der Waals surface area contributed by atoms with Gasteiger partial charge in [0.1, 0.15) is 0 Å². The molecule has 6 heteroatoms. The summed E-state index contributed by atoms with van der Waals surface area (Å²) < 4.78 is 0. The molecule has 5 rings (SSSR count). The zero-order chi connectivity index (χ0) is 19.8. The Kier molecular flexibility index (Phi) is 4.09. The summed E-state index contributed by atoms with van der Waals surface area (Å²) in [7, 11) is 4.02. The molecule has 0 aromatic carbocycles. The van der Waals surface area contributed by atoms with E-state index in [1.54, 1.807) is 12.4 Å². The van der Waals surface area contributed by atoms with Crippen LogP contribution in [0.3, 0.4) is 0 Å². The molecule has 0 atom stereocenters. The first-order valence-corrected chi connectivity index (χ1v) is 9.31. The van der Waals surface area contributed by atoms with Crippen LogP contribution in [0, 0.1) is 0 Å². The maximum atomic E-state index is 4.86. The average Bonchev–Trinajstić information content (AvgIpc) is 2.78. The Bertz CT molecular complexity index is 1250. The summed E-state index contributed by atoms with van der Waals surface area (Å²) in [5.74, 6) is 0. The van der Waals surface area contributed by atoms with Crippen LogP contribution in [0.25, 0.3) is 44.8 Å². The summed E-state index contributed by atoms with van der Waals surface area (Å²) in [5, 5.41) is 2.00.